The van der Waals surface area contributed by atoms with Gasteiger partial charge in [0.25, 0.3) is 0 Å². The van der Waals surface area contributed by atoms with Crippen LogP contribution < -0.4 is 24.6 Å². The zero-order chi connectivity index (χ0) is 25.4. The molecule has 36 heavy (non-hydrogen) atoms. The predicted octanol–water partition coefficient (Wildman–Crippen LogP) is 4.60. The Labute approximate surface area is 204 Å². The Morgan fingerprint density at radius 3 is 2.50 bits per heavy atom. The van der Waals surface area contributed by atoms with Crippen LogP contribution in [0.1, 0.15) is 18.4 Å². The Morgan fingerprint density at radius 1 is 1.03 bits per heavy atom. The molecular weight excluding hydrogens is 477 g/mol. The van der Waals surface area contributed by atoms with Gasteiger partial charge in [-0.25, -0.2) is 9.78 Å². The van der Waals surface area contributed by atoms with Gasteiger partial charge in [0.1, 0.15) is 5.82 Å². The fraction of sp³-hybridized carbons (Fsp3) is 0.333. The van der Waals surface area contributed by atoms with Crippen molar-refractivity contribution >= 4 is 23.4 Å². The molecule has 0 saturated carbocycles. The van der Waals surface area contributed by atoms with Crippen LogP contribution in [0, 0.1) is 0 Å². The van der Waals surface area contributed by atoms with Crippen molar-refractivity contribution in [1.29, 1.82) is 0 Å². The van der Waals surface area contributed by atoms with E-state index in [9.17, 15) is 18.0 Å². The fourth-order valence-electron chi connectivity index (χ4n) is 4.51. The molecule has 3 aliphatic heterocycles. The first kappa shape index (κ1) is 23.6. The van der Waals surface area contributed by atoms with Gasteiger partial charge in [0.05, 0.1) is 31.2 Å². The van der Waals surface area contributed by atoms with E-state index in [4.69, 9.17) is 14.5 Å². The lowest BCUT2D eigenvalue weighted by Gasteiger charge is -2.31. The first-order valence-electron chi connectivity index (χ1n) is 11.3. The van der Waals surface area contributed by atoms with Gasteiger partial charge in [-0.15, -0.1) is 0 Å². The van der Waals surface area contributed by atoms with Crippen LogP contribution in [0.15, 0.2) is 42.5 Å². The normalized spacial score (nSPS) is 15.4. The van der Waals surface area contributed by atoms with E-state index in [0.717, 1.165) is 43.8 Å². The maximum Gasteiger partial charge on any atom is 0.416 e. The lowest BCUT2D eigenvalue weighted by atomic mass is 10.1. The third kappa shape index (κ3) is 4.45. The molecule has 9 nitrogen and oxygen atoms in total. The minimum Gasteiger partial charge on any atom is -0.481 e. The third-order valence-electron chi connectivity index (χ3n) is 6.27. The maximum absolute atomic E-state index is 13.6. The maximum atomic E-state index is 13.6. The van der Waals surface area contributed by atoms with Gasteiger partial charge in [0, 0.05) is 30.8 Å². The zero-order valence-electron chi connectivity index (χ0n) is 19.5. The van der Waals surface area contributed by atoms with Gasteiger partial charge < -0.3 is 14.4 Å². The smallest absolute Gasteiger partial charge is 0.416 e. The summed E-state index contributed by atoms with van der Waals surface area (Å²) in [6.45, 7) is 1.47. The van der Waals surface area contributed by atoms with Crippen LogP contribution in [0.3, 0.4) is 0 Å². The Morgan fingerprint density at radius 2 is 1.81 bits per heavy atom. The van der Waals surface area contributed by atoms with E-state index in [1.165, 1.54) is 26.4 Å². The predicted molar refractivity (Wildman–Crippen MR) is 127 cm³/mol. The average Bonchev–Trinajstić information content (AvgIpc) is 3.13. The molecule has 12 heteroatoms. The number of methoxy groups -OCH3 is 2. The van der Waals surface area contributed by atoms with Gasteiger partial charge in [-0.2, -0.15) is 23.1 Å². The number of piperidine rings is 1. The number of pyridine rings is 1. The number of urea groups is 1. The number of alkyl halides is 3. The molecule has 0 spiro atoms. The van der Waals surface area contributed by atoms with Crippen molar-refractivity contribution in [2.75, 3.05) is 42.4 Å². The summed E-state index contributed by atoms with van der Waals surface area (Å²) in [6.07, 6.45) is -3.03. The van der Waals surface area contributed by atoms with Crippen LogP contribution in [0.4, 0.5) is 35.3 Å². The number of fused-ring (bicyclic) bond motifs is 2. The Balaban J connectivity index is 1.54. The van der Waals surface area contributed by atoms with E-state index in [1.54, 1.807) is 17.0 Å². The van der Waals surface area contributed by atoms with Crippen molar-refractivity contribution in [2.24, 2.45) is 0 Å². The van der Waals surface area contributed by atoms with Gasteiger partial charge in [0.15, 0.2) is 5.82 Å². The minimum absolute atomic E-state index is 0.0258. The van der Waals surface area contributed by atoms with Crippen molar-refractivity contribution in [3.05, 3.63) is 48.0 Å². The molecule has 0 radical (unpaired) electrons. The van der Waals surface area contributed by atoms with Crippen LogP contribution >= 0.6 is 0 Å². The number of halogens is 3. The van der Waals surface area contributed by atoms with Gasteiger partial charge in [0.2, 0.25) is 5.88 Å². The van der Waals surface area contributed by atoms with Crippen LogP contribution in [-0.2, 0) is 6.18 Å². The van der Waals surface area contributed by atoms with Crippen molar-refractivity contribution in [2.45, 2.75) is 25.1 Å². The highest BCUT2D eigenvalue weighted by Crippen LogP contribution is 2.40. The summed E-state index contributed by atoms with van der Waals surface area (Å²) in [5, 5.41) is 2.77. The van der Waals surface area contributed by atoms with Gasteiger partial charge in [-0.3, -0.25) is 10.2 Å². The number of aromatic nitrogens is 3. The van der Waals surface area contributed by atoms with Crippen molar-refractivity contribution in [3.63, 3.8) is 0 Å². The highest BCUT2D eigenvalue weighted by molar-refractivity contribution is 6.03. The molecule has 1 saturated heterocycles. The van der Waals surface area contributed by atoms with Gasteiger partial charge in [-0.05, 0) is 37.1 Å². The molecule has 1 aromatic carbocycles. The number of ether oxygens (including phenoxy) is 2. The summed E-state index contributed by atoms with van der Waals surface area (Å²) in [4.78, 5) is 30.2. The lowest BCUT2D eigenvalue weighted by molar-refractivity contribution is -0.137. The number of carbonyl (C=O) groups excluding carboxylic acids is 1. The van der Waals surface area contributed by atoms with Crippen molar-refractivity contribution in [3.8, 4) is 23.1 Å². The average molecular weight is 500 g/mol. The molecule has 0 aliphatic carbocycles. The number of anilines is 3. The second kappa shape index (κ2) is 9.17. The largest absolute Gasteiger partial charge is 0.481 e. The molecule has 1 fully saturated rings. The Kier molecular flexibility index (Phi) is 6.02. The fourth-order valence-corrected chi connectivity index (χ4v) is 4.51. The molecule has 2 aromatic heterocycles. The minimum atomic E-state index is -4.47. The van der Waals surface area contributed by atoms with E-state index in [0.29, 0.717) is 17.1 Å². The van der Waals surface area contributed by atoms with Crippen LogP contribution in [-0.4, -0.2) is 54.3 Å². The standard InChI is InChI=1S/C24H23F3N6O3/c1-35-20-13-19(29-22(31-20)36-2)30-23(34)33-16-8-10-32(11-9-16)18-7-6-17(28-21(18)33)14-4-3-5-15(12-14)24(25,26)27/h3-7,12-13,16H,8-11H2,1-2H3,(H,29,30,31,34). The molecule has 2 bridgehead atoms. The number of carbonyl (C=O) groups is 1. The van der Waals surface area contributed by atoms with Crippen molar-refractivity contribution in [1.82, 2.24) is 15.0 Å². The summed E-state index contributed by atoms with van der Waals surface area (Å²) in [5.74, 6) is 0.777. The summed E-state index contributed by atoms with van der Waals surface area (Å²) >= 11 is 0. The van der Waals surface area contributed by atoms with E-state index in [-0.39, 0.29) is 23.8 Å². The first-order chi connectivity index (χ1) is 17.3. The molecule has 1 N–H and O–H groups in total. The van der Waals surface area contributed by atoms with E-state index < -0.39 is 17.8 Å². The molecule has 0 unspecified atom stereocenters. The molecule has 5 heterocycles. The molecule has 2 amide bonds. The number of nitrogens with one attached hydrogen (secondary N) is 1. The van der Waals surface area contributed by atoms with Gasteiger partial charge in [-0.1, -0.05) is 12.1 Å². The van der Waals surface area contributed by atoms with Gasteiger partial charge >= 0.3 is 18.2 Å². The Bertz CT molecular complexity index is 1270. The number of rotatable bonds is 4. The monoisotopic (exact) mass is 500 g/mol. The SMILES string of the molecule is COc1cc(NC(=O)N2c3nc(-c4cccc(C(F)(F)F)c4)ccc3N3CCC2CC3)nc(OC)n1. The number of amides is 2. The number of benzene rings is 1. The molecule has 3 aliphatic rings. The van der Waals surface area contributed by atoms with Crippen molar-refractivity contribution < 1.29 is 27.4 Å². The van der Waals surface area contributed by atoms with Crippen LogP contribution in [0.2, 0.25) is 0 Å². The highest BCUT2D eigenvalue weighted by Gasteiger charge is 2.37. The summed E-state index contributed by atoms with van der Waals surface area (Å²) in [7, 11) is 2.84. The third-order valence-corrected chi connectivity index (χ3v) is 6.27. The molecule has 6 rings (SSSR count). The molecule has 3 aromatic rings. The summed E-state index contributed by atoms with van der Waals surface area (Å²) in [5.41, 5.74) is 0.635. The number of nitrogens with zero attached hydrogens (tertiary/aromatic N) is 5. The molecule has 188 valence electrons. The summed E-state index contributed by atoms with van der Waals surface area (Å²) in [6, 6.07) is 9.36. The molecule has 0 atom stereocenters. The number of hydrogen-bond acceptors (Lipinski definition) is 7. The van der Waals surface area contributed by atoms with Crippen LogP contribution in [0.25, 0.3) is 11.3 Å². The topological polar surface area (TPSA) is 92.7 Å². The lowest BCUT2D eigenvalue weighted by Crippen LogP contribution is -2.46. The summed E-state index contributed by atoms with van der Waals surface area (Å²) < 4.78 is 50.1. The van der Waals surface area contributed by atoms with E-state index >= 15 is 0 Å². The Hall–Kier alpha value is -4.09. The van der Waals surface area contributed by atoms with E-state index in [1.807, 2.05) is 6.07 Å². The highest BCUT2D eigenvalue weighted by atomic mass is 19.4. The van der Waals surface area contributed by atoms with E-state index in [2.05, 4.69) is 20.2 Å². The first-order valence-corrected chi connectivity index (χ1v) is 11.3. The molecular formula is C24H23F3N6O3. The zero-order valence-corrected chi connectivity index (χ0v) is 19.5. The van der Waals surface area contributed by atoms with Crippen LogP contribution in [0.5, 0.6) is 11.9 Å². The second-order valence-corrected chi connectivity index (χ2v) is 8.42. The second-order valence-electron chi connectivity index (χ2n) is 8.42. The number of hydrogen-bond donors (Lipinski definition) is 1. The quantitative estimate of drug-likeness (QED) is 0.560.